The van der Waals surface area contributed by atoms with Gasteiger partial charge in [-0.25, -0.2) is 0 Å². The molecule has 38 heavy (non-hydrogen) atoms. The van der Waals surface area contributed by atoms with Crippen molar-refractivity contribution in [3.8, 4) is 0 Å². The van der Waals surface area contributed by atoms with Crippen molar-refractivity contribution < 1.29 is 0 Å². The molecule has 4 aliphatic rings. The van der Waals surface area contributed by atoms with Crippen LogP contribution in [-0.4, -0.2) is 42.7 Å². The van der Waals surface area contributed by atoms with E-state index >= 15 is 0 Å². The Labute approximate surface area is 233 Å². The van der Waals surface area contributed by atoms with Crippen molar-refractivity contribution in [2.45, 2.75) is 98.6 Å². The molecule has 2 bridgehead atoms. The number of rotatable bonds is 6. The summed E-state index contributed by atoms with van der Waals surface area (Å²) in [5.74, 6) is 2.53. The second kappa shape index (κ2) is 9.87. The molecule has 0 aromatic heterocycles. The van der Waals surface area contributed by atoms with Crippen LogP contribution in [0.2, 0.25) is 0 Å². The summed E-state index contributed by atoms with van der Waals surface area (Å²) in [6.07, 6.45) is 4.18. The van der Waals surface area contributed by atoms with Crippen molar-refractivity contribution >= 4 is 25.8 Å². The molecule has 2 heterocycles. The topological polar surface area (TPSA) is 9.72 Å². The van der Waals surface area contributed by atoms with E-state index in [2.05, 4.69) is 118 Å². The van der Waals surface area contributed by atoms with E-state index in [1.165, 1.54) is 32.4 Å². The smallest absolute Gasteiger partial charge is 0.204 e. The monoisotopic (exact) mass is 545 g/mol. The molecular weight excluding hydrogens is 497 g/mol. The normalized spacial score (nSPS) is 25.1. The van der Waals surface area contributed by atoms with E-state index in [4.69, 9.17) is 0 Å². The van der Waals surface area contributed by atoms with Gasteiger partial charge in [0.2, 0.25) is 8.21 Å². The Kier molecular flexibility index (Phi) is 6.95. The van der Waals surface area contributed by atoms with Crippen LogP contribution in [0.15, 0.2) is 59.5 Å². The van der Waals surface area contributed by atoms with Gasteiger partial charge in [0.25, 0.3) is 0 Å². The van der Waals surface area contributed by atoms with Gasteiger partial charge in [-0.2, -0.15) is 0 Å². The SMILES string of the molecule is CC(C)c1cccc(C(C)C)c1N1C2=C([C@H]3CC[C@@H]2C3)P2(=[Si]1c1ccccc1)N(C(C)C)CCN2C(C)C. The van der Waals surface area contributed by atoms with Gasteiger partial charge in [-0.3, -0.25) is 9.34 Å². The van der Waals surface area contributed by atoms with Crippen molar-refractivity contribution in [1.82, 2.24) is 9.34 Å². The molecule has 0 unspecified atom stereocenters. The van der Waals surface area contributed by atoms with Crippen LogP contribution in [0.25, 0.3) is 0 Å². The zero-order chi connectivity index (χ0) is 26.9. The molecule has 204 valence electrons. The van der Waals surface area contributed by atoms with Crippen molar-refractivity contribution in [2.24, 2.45) is 11.8 Å². The number of allylic oxidation sites excluding steroid dienone is 2. The molecule has 0 amide bonds. The maximum absolute atomic E-state index is 3.09. The average Bonchev–Trinajstić information content (AvgIpc) is 3.65. The molecule has 1 saturated carbocycles. The quantitative estimate of drug-likeness (QED) is 0.268. The molecular formula is C33H48N3PSi. The van der Waals surface area contributed by atoms with Crippen LogP contribution in [0.1, 0.15) is 97.6 Å². The van der Waals surface area contributed by atoms with Crippen LogP contribution < -0.4 is 9.75 Å². The molecule has 2 fully saturated rings. The molecule has 2 atom stereocenters. The highest BCUT2D eigenvalue weighted by Crippen LogP contribution is 2.77. The van der Waals surface area contributed by atoms with Crippen molar-refractivity contribution in [2.75, 3.05) is 17.7 Å². The Balaban J connectivity index is 1.80. The van der Waals surface area contributed by atoms with Crippen LogP contribution in [0.4, 0.5) is 5.69 Å². The second-order valence-corrected chi connectivity index (χ2v) is 20.7. The summed E-state index contributed by atoms with van der Waals surface area (Å²) >= 11 is 0. The first-order valence-corrected chi connectivity index (χ1v) is 19.2. The molecule has 2 aliphatic heterocycles. The zero-order valence-electron chi connectivity index (χ0n) is 24.9. The van der Waals surface area contributed by atoms with E-state index in [1.54, 1.807) is 27.7 Å². The first-order valence-electron chi connectivity index (χ1n) is 15.2. The van der Waals surface area contributed by atoms with E-state index < -0.39 is 14.9 Å². The minimum absolute atomic E-state index is 0.506. The van der Waals surface area contributed by atoms with Crippen LogP contribution >= 0.6 is 6.70 Å². The lowest BCUT2D eigenvalue weighted by Gasteiger charge is -2.44. The number of hydrogen-bond acceptors (Lipinski definition) is 3. The van der Waals surface area contributed by atoms with Gasteiger partial charge in [0.1, 0.15) is 0 Å². The average molecular weight is 546 g/mol. The number of hydrogen-bond donors (Lipinski definition) is 0. The number of benzene rings is 2. The Morgan fingerprint density at radius 1 is 0.711 bits per heavy atom. The molecule has 0 radical (unpaired) electrons. The Hall–Kier alpha value is -1.45. The fourth-order valence-corrected chi connectivity index (χ4v) is 23.7. The molecule has 2 aromatic carbocycles. The Morgan fingerprint density at radius 2 is 1.26 bits per heavy atom. The standard InChI is InChI=1S/C33H48N3PSi/c1-22(2)29-15-12-16-30(23(3)4)32(29)36-31-26-17-18-27(21-26)33(31)37(38(36)28-13-10-9-11-14-28)34(24(5)6)19-20-35(37)25(7)8/h9-16,22-27H,17-21H2,1-8H3/t26-,27+/m1/s1. The van der Waals surface area contributed by atoms with Gasteiger partial charge in [0.15, 0.2) is 0 Å². The number of nitrogens with zero attached hydrogens (tertiary/aromatic N) is 3. The highest BCUT2D eigenvalue weighted by Gasteiger charge is 2.60. The van der Waals surface area contributed by atoms with Gasteiger partial charge in [0, 0.05) is 48.6 Å². The van der Waals surface area contributed by atoms with E-state index in [-0.39, 0.29) is 0 Å². The molecule has 2 aromatic rings. The highest BCUT2D eigenvalue weighted by molar-refractivity contribution is 7.85. The number of para-hydroxylation sites is 1. The van der Waals surface area contributed by atoms with E-state index in [0.29, 0.717) is 23.9 Å². The van der Waals surface area contributed by atoms with Crippen LogP contribution in [0.5, 0.6) is 0 Å². The third kappa shape index (κ3) is 3.70. The van der Waals surface area contributed by atoms with Crippen molar-refractivity contribution in [3.63, 3.8) is 0 Å². The van der Waals surface area contributed by atoms with Gasteiger partial charge in [-0.1, -0.05) is 76.2 Å². The predicted octanol–water partition coefficient (Wildman–Crippen LogP) is 8.07. The first-order chi connectivity index (χ1) is 18.2. The molecule has 0 N–H and O–H groups in total. The summed E-state index contributed by atoms with van der Waals surface area (Å²) in [7, 11) is -1.17. The first kappa shape index (κ1) is 26.8. The lowest BCUT2D eigenvalue weighted by atomic mass is 9.92. The Bertz CT molecular complexity index is 1260. The summed E-state index contributed by atoms with van der Waals surface area (Å²) in [5, 5.41) is 3.56. The maximum atomic E-state index is 3.09. The molecule has 6 rings (SSSR count). The number of anilines is 1. The third-order valence-electron chi connectivity index (χ3n) is 9.64. The number of fused-ring (bicyclic) bond motifs is 5. The van der Waals surface area contributed by atoms with E-state index in [9.17, 15) is 0 Å². The van der Waals surface area contributed by atoms with Gasteiger partial charge >= 0.3 is 0 Å². The summed E-state index contributed by atoms with van der Waals surface area (Å²) in [6.45, 7) is 20.2. The second-order valence-electron chi connectivity index (χ2n) is 13.2. The summed E-state index contributed by atoms with van der Waals surface area (Å²) in [6, 6.07) is 20.2. The minimum Gasteiger partial charge on any atom is -0.344 e. The van der Waals surface area contributed by atoms with E-state index in [1.807, 2.05) is 5.31 Å². The van der Waals surface area contributed by atoms with Crippen LogP contribution in [0, 0.1) is 11.8 Å². The third-order valence-corrected chi connectivity index (χ3v) is 21.5. The summed E-state index contributed by atoms with van der Waals surface area (Å²) in [4.78, 5) is 0. The van der Waals surface area contributed by atoms with Gasteiger partial charge in [-0.15, -0.1) is 0 Å². The Morgan fingerprint density at radius 3 is 1.79 bits per heavy atom. The van der Waals surface area contributed by atoms with Crippen LogP contribution in [0.3, 0.4) is 0 Å². The fourth-order valence-electron chi connectivity index (χ4n) is 8.22. The molecule has 3 nitrogen and oxygen atoms in total. The molecule has 1 saturated heterocycles. The van der Waals surface area contributed by atoms with Crippen molar-refractivity contribution in [1.29, 1.82) is 0 Å². The maximum Gasteiger partial charge on any atom is 0.204 e. The molecule has 1 spiro atoms. The largest absolute Gasteiger partial charge is 0.344 e. The van der Waals surface area contributed by atoms with Crippen molar-refractivity contribution in [3.05, 3.63) is 70.7 Å². The zero-order valence-corrected chi connectivity index (χ0v) is 26.8. The van der Waals surface area contributed by atoms with E-state index in [0.717, 1.165) is 11.8 Å². The van der Waals surface area contributed by atoms with Crippen LogP contribution in [-0.2, 0) is 0 Å². The lowest BCUT2D eigenvalue weighted by Crippen LogP contribution is -2.45. The van der Waals surface area contributed by atoms with Gasteiger partial charge in [-0.05, 0) is 86.9 Å². The van der Waals surface area contributed by atoms with Gasteiger partial charge < -0.3 is 4.57 Å². The highest BCUT2D eigenvalue weighted by atomic mass is 31.3. The lowest BCUT2D eigenvalue weighted by molar-refractivity contribution is 0.390. The molecule has 2 aliphatic carbocycles. The summed E-state index contributed by atoms with van der Waals surface area (Å²) in [5.41, 5.74) is 6.48. The predicted molar refractivity (Wildman–Crippen MR) is 167 cm³/mol. The minimum atomic E-state index is -1.76. The molecule has 5 heteroatoms. The van der Waals surface area contributed by atoms with Gasteiger partial charge in [0.05, 0.1) is 0 Å². The summed E-state index contributed by atoms with van der Waals surface area (Å²) < 4.78 is 9.22. The fraction of sp³-hybridized carbons (Fsp3) is 0.576.